The molecule has 0 saturated heterocycles. The Bertz CT molecular complexity index is 402. The quantitative estimate of drug-likeness (QED) is 0.661. The monoisotopic (exact) mass is 175 g/mol. The summed E-state index contributed by atoms with van der Waals surface area (Å²) in [6.07, 6.45) is 0. The molecule has 0 saturated carbocycles. The number of nitriles is 1. The molecule has 1 aromatic rings. The van der Waals surface area contributed by atoms with Gasteiger partial charge in [0.2, 0.25) is 0 Å². The number of aromatic hydroxyl groups is 1. The second kappa shape index (κ2) is 3.28. The van der Waals surface area contributed by atoms with Crippen molar-refractivity contribution in [1.29, 1.82) is 5.26 Å². The van der Waals surface area contributed by atoms with E-state index in [1.54, 1.807) is 6.92 Å². The Kier molecular flexibility index (Phi) is 2.34. The maximum atomic E-state index is 11.1. The first-order chi connectivity index (χ1) is 6.07. The van der Waals surface area contributed by atoms with E-state index in [4.69, 9.17) is 5.26 Å². The number of phenolic OH excluding ortho intramolecular Hbond substituents is 1. The van der Waals surface area contributed by atoms with Crippen molar-refractivity contribution in [3.63, 3.8) is 0 Å². The highest BCUT2D eigenvalue weighted by Crippen LogP contribution is 2.23. The first kappa shape index (κ1) is 9.27. The molecule has 1 N–H and O–H groups in total. The summed E-state index contributed by atoms with van der Waals surface area (Å²) >= 11 is 0. The Morgan fingerprint density at radius 2 is 2.15 bits per heavy atom. The highest BCUT2D eigenvalue weighted by atomic mass is 16.3. The molecule has 0 aliphatic rings. The first-order valence-electron chi connectivity index (χ1n) is 3.81. The van der Waals surface area contributed by atoms with E-state index >= 15 is 0 Å². The summed E-state index contributed by atoms with van der Waals surface area (Å²) < 4.78 is 0. The third-order valence-electron chi connectivity index (χ3n) is 1.91. The van der Waals surface area contributed by atoms with Gasteiger partial charge in [0.05, 0.1) is 11.6 Å². The fraction of sp³-hybridized carbons (Fsp3) is 0.200. The van der Waals surface area contributed by atoms with Crippen LogP contribution in [0.25, 0.3) is 0 Å². The van der Waals surface area contributed by atoms with E-state index in [9.17, 15) is 9.90 Å². The van der Waals surface area contributed by atoms with Crippen LogP contribution in [0.3, 0.4) is 0 Å². The smallest absolute Gasteiger partial charge is 0.161 e. The molecular weight excluding hydrogens is 166 g/mol. The first-order valence-corrected chi connectivity index (χ1v) is 3.81. The second-order valence-corrected chi connectivity index (χ2v) is 2.80. The molecule has 0 spiro atoms. The van der Waals surface area contributed by atoms with E-state index < -0.39 is 0 Å². The summed E-state index contributed by atoms with van der Waals surface area (Å²) in [5, 5.41) is 18.0. The largest absolute Gasteiger partial charge is 0.508 e. The van der Waals surface area contributed by atoms with Crippen molar-refractivity contribution in [2.75, 3.05) is 0 Å². The predicted octanol–water partition coefficient (Wildman–Crippen LogP) is 1.77. The highest BCUT2D eigenvalue weighted by Gasteiger charge is 2.12. The van der Waals surface area contributed by atoms with Gasteiger partial charge in [0.1, 0.15) is 5.75 Å². The van der Waals surface area contributed by atoms with Crippen molar-refractivity contribution in [1.82, 2.24) is 0 Å². The van der Waals surface area contributed by atoms with Gasteiger partial charge >= 0.3 is 0 Å². The van der Waals surface area contributed by atoms with Crippen LogP contribution in [0.4, 0.5) is 0 Å². The third kappa shape index (κ3) is 1.52. The summed E-state index contributed by atoms with van der Waals surface area (Å²) in [5.41, 5.74) is 1.08. The molecule has 0 heterocycles. The Balaban J connectivity index is 3.53. The molecule has 0 atom stereocenters. The summed E-state index contributed by atoms with van der Waals surface area (Å²) in [6.45, 7) is 3.00. The fourth-order valence-electron chi connectivity index (χ4n) is 1.25. The van der Waals surface area contributed by atoms with Gasteiger partial charge in [-0.25, -0.2) is 0 Å². The Labute approximate surface area is 76.2 Å². The van der Waals surface area contributed by atoms with E-state index in [2.05, 4.69) is 0 Å². The van der Waals surface area contributed by atoms with Crippen LogP contribution in [0.2, 0.25) is 0 Å². The molecule has 0 unspecified atom stereocenters. The second-order valence-electron chi connectivity index (χ2n) is 2.80. The minimum Gasteiger partial charge on any atom is -0.508 e. The average Bonchev–Trinajstić information content (AvgIpc) is 2.08. The summed E-state index contributed by atoms with van der Waals surface area (Å²) in [7, 11) is 0. The van der Waals surface area contributed by atoms with Gasteiger partial charge in [-0.1, -0.05) is 0 Å². The Morgan fingerprint density at radius 3 is 2.62 bits per heavy atom. The van der Waals surface area contributed by atoms with Gasteiger partial charge in [0.15, 0.2) is 5.78 Å². The Morgan fingerprint density at radius 1 is 1.54 bits per heavy atom. The van der Waals surface area contributed by atoms with Crippen molar-refractivity contribution in [2.45, 2.75) is 13.8 Å². The summed E-state index contributed by atoms with van der Waals surface area (Å²) in [4.78, 5) is 11.1. The zero-order valence-electron chi connectivity index (χ0n) is 7.46. The molecule has 0 aromatic heterocycles. The number of Topliss-reactive ketones (excluding diaryl/α,β-unsaturated/α-hetero) is 1. The SMILES string of the molecule is CC(=O)c1c(C#N)ccc(O)c1C. The minimum atomic E-state index is -0.204. The van der Waals surface area contributed by atoms with Gasteiger partial charge in [-0.2, -0.15) is 5.26 Å². The van der Waals surface area contributed by atoms with E-state index in [1.807, 2.05) is 6.07 Å². The van der Waals surface area contributed by atoms with Crippen molar-refractivity contribution >= 4 is 5.78 Å². The van der Waals surface area contributed by atoms with Gasteiger partial charge < -0.3 is 5.11 Å². The van der Waals surface area contributed by atoms with Crippen LogP contribution in [0.15, 0.2) is 12.1 Å². The summed E-state index contributed by atoms with van der Waals surface area (Å²) in [6, 6.07) is 4.77. The number of benzene rings is 1. The molecule has 3 nitrogen and oxygen atoms in total. The van der Waals surface area contributed by atoms with Crippen LogP contribution in [0, 0.1) is 18.3 Å². The lowest BCUT2D eigenvalue weighted by atomic mass is 9.99. The standard InChI is InChI=1S/C10H9NO2/c1-6-9(13)4-3-8(5-11)10(6)7(2)12/h3-4,13H,1-2H3. The van der Waals surface area contributed by atoms with Gasteiger partial charge in [0.25, 0.3) is 0 Å². The molecule has 0 bridgehead atoms. The summed E-state index contributed by atoms with van der Waals surface area (Å²) in [5.74, 6) is -0.158. The number of hydrogen-bond acceptors (Lipinski definition) is 3. The fourth-order valence-corrected chi connectivity index (χ4v) is 1.25. The van der Waals surface area contributed by atoms with Crippen LogP contribution < -0.4 is 0 Å². The average molecular weight is 175 g/mol. The maximum Gasteiger partial charge on any atom is 0.161 e. The lowest BCUT2D eigenvalue weighted by Gasteiger charge is -2.05. The molecule has 0 fully saturated rings. The molecule has 1 aromatic carbocycles. The maximum absolute atomic E-state index is 11.1. The number of rotatable bonds is 1. The van der Waals surface area contributed by atoms with Crippen molar-refractivity contribution in [2.24, 2.45) is 0 Å². The van der Waals surface area contributed by atoms with Gasteiger partial charge in [0, 0.05) is 11.1 Å². The number of ketones is 1. The molecule has 0 amide bonds. The van der Waals surface area contributed by atoms with Crippen molar-refractivity contribution in [3.05, 3.63) is 28.8 Å². The van der Waals surface area contributed by atoms with Crippen LogP contribution >= 0.6 is 0 Å². The van der Waals surface area contributed by atoms with Gasteiger partial charge in [-0.05, 0) is 26.0 Å². The van der Waals surface area contributed by atoms with Gasteiger partial charge in [-0.3, -0.25) is 4.79 Å². The van der Waals surface area contributed by atoms with Crippen molar-refractivity contribution < 1.29 is 9.90 Å². The van der Waals surface area contributed by atoms with E-state index in [-0.39, 0.29) is 11.5 Å². The molecule has 0 radical (unpaired) electrons. The van der Waals surface area contributed by atoms with E-state index in [0.717, 1.165) is 0 Å². The van der Waals surface area contributed by atoms with E-state index in [0.29, 0.717) is 16.7 Å². The molecular formula is C10H9NO2. The molecule has 66 valence electrons. The normalized spacial score (nSPS) is 9.31. The van der Waals surface area contributed by atoms with Crippen LogP contribution in [0.1, 0.15) is 28.4 Å². The number of nitrogens with zero attached hydrogens (tertiary/aromatic N) is 1. The minimum absolute atomic E-state index is 0.0456. The van der Waals surface area contributed by atoms with Crippen LogP contribution in [-0.2, 0) is 0 Å². The number of carbonyl (C=O) groups is 1. The number of phenols is 1. The van der Waals surface area contributed by atoms with Crippen molar-refractivity contribution in [3.8, 4) is 11.8 Å². The topological polar surface area (TPSA) is 61.1 Å². The highest BCUT2D eigenvalue weighted by molar-refractivity contribution is 5.98. The van der Waals surface area contributed by atoms with E-state index in [1.165, 1.54) is 19.1 Å². The zero-order chi connectivity index (χ0) is 10.0. The van der Waals surface area contributed by atoms with Crippen LogP contribution in [-0.4, -0.2) is 10.9 Å². The molecule has 3 heteroatoms. The van der Waals surface area contributed by atoms with Gasteiger partial charge in [-0.15, -0.1) is 0 Å². The molecule has 13 heavy (non-hydrogen) atoms. The van der Waals surface area contributed by atoms with Crippen LogP contribution in [0.5, 0.6) is 5.75 Å². The lowest BCUT2D eigenvalue weighted by Crippen LogP contribution is -2.00. The number of carbonyl (C=O) groups excluding carboxylic acids is 1. The zero-order valence-corrected chi connectivity index (χ0v) is 7.46. The molecule has 1 rings (SSSR count). The lowest BCUT2D eigenvalue weighted by molar-refractivity contribution is 0.101. The third-order valence-corrected chi connectivity index (χ3v) is 1.91. The molecule has 0 aliphatic carbocycles. The Hall–Kier alpha value is -1.82. The predicted molar refractivity (Wildman–Crippen MR) is 47.6 cm³/mol. The molecule has 0 aliphatic heterocycles. The number of hydrogen-bond donors (Lipinski definition) is 1.